The molecule has 1 fully saturated rings. The van der Waals surface area contributed by atoms with Crippen LogP contribution in [-0.2, 0) is 11.2 Å². The molecule has 3 rings (SSSR count). The van der Waals surface area contributed by atoms with Crippen molar-refractivity contribution in [3.63, 3.8) is 0 Å². The molecule has 22 heavy (non-hydrogen) atoms. The van der Waals surface area contributed by atoms with E-state index in [4.69, 9.17) is 0 Å². The Morgan fingerprint density at radius 3 is 2.18 bits per heavy atom. The van der Waals surface area contributed by atoms with Crippen LogP contribution in [0.3, 0.4) is 0 Å². The van der Waals surface area contributed by atoms with Gasteiger partial charge in [0, 0.05) is 13.1 Å². The lowest BCUT2D eigenvalue weighted by Gasteiger charge is -2.29. The zero-order chi connectivity index (χ0) is 14.5. The summed E-state index contributed by atoms with van der Waals surface area (Å²) >= 11 is 0. The molecular weight excluding hydrogens is 296 g/mol. The molecule has 2 N–H and O–H groups in total. The van der Waals surface area contributed by atoms with Crippen molar-refractivity contribution in [1.29, 1.82) is 0 Å². The molecule has 1 atom stereocenters. The first kappa shape index (κ1) is 16.5. The van der Waals surface area contributed by atoms with Gasteiger partial charge in [-0.05, 0) is 17.5 Å². The number of rotatable bonds is 5. The van der Waals surface area contributed by atoms with Gasteiger partial charge in [-0.1, -0.05) is 60.7 Å². The first-order chi connectivity index (χ1) is 10.3. The Hall–Kier alpha value is -1.84. The first-order valence-corrected chi connectivity index (χ1v) is 7.43. The lowest BCUT2D eigenvalue weighted by Crippen LogP contribution is -2.51. The van der Waals surface area contributed by atoms with Gasteiger partial charge in [0.15, 0.2) is 0 Å². The van der Waals surface area contributed by atoms with Gasteiger partial charge in [-0.15, -0.1) is 12.4 Å². The number of benzene rings is 2. The van der Waals surface area contributed by atoms with Crippen molar-refractivity contribution in [2.45, 2.75) is 12.5 Å². The van der Waals surface area contributed by atoms with E-state index in [1.54, 1.807) is 0 Å². The van der Waals surface area contributed by atoms with Gasteiger partial charge in [0.1, 0.15) is 0 Å². The Kier molecular flexibility index (Phi) is 5.99. The molecule has 0 radical (unpaired) electrons. The first-order valence-electron chi connectivity index (χ1n) is 7.43. The Morgan fingerprint density at radius 1 is 1.05 bits per heavy atom. The third kappa shape index (κ3) is 4.09. The van der Waals surface area contributed by atoms with E-state index in [2.05, 4.69) is 34.9 Å². The molecule has 1 heterocycles. The van der Waals surface area contributed by atoms with Crippen LogP contribution in [0.25, 0.3) is 0 Å². The number of hydrogen-bond donors (Lipinski definition) is 2. The van der Waals surface area contributed by atoms with Crippen LogP contribution in [0.2, 0.25) is 0 Å². The zero-order valence-corrected chi connectivity index (χ0v) is 13.2. The second-order valence-corrected chi connectivity index (χ2v) is 5.52. The number of carbonyl (C=O) groups is 1. The van der Waals surface area contributed by atoms with E-state index >= 15 is 0 Å². The minimum Gasteiger partial charge on any atom is -0.349 e. The highest BCUT2D eigenvalue weighted by Crippen LogP contribution is 2.19. The largest absolute Gasteiger partial charge is 0.349 e. The summed E-state index contributed by atoms with van der Waals surface area (Å²) in [5.74, 6) is 0.269. The minimum atomic E-state index is 0. The summed E-state index contributed by atoms with van der Waals surface area (Å²) in [6.45, 7) is 1.58. The fourth-order valence-corrected chi connectivity index (χ4v) is 2.55. The Labute approximate surface area is 137 Å². The second-order valence-electron chi connectivity index (χ2n) is 5.52. The molecule has 0 saturated carbocycles. The van der Waals surface area contributed by atoms with Crippen LogP contribution < -0.4 is 10.6 Å². The van der Waals surface area contributed by atoms with Crippen molar-refractivity contribution in [3.05, 3.63) is 71.8 Å². The number of nitrogens with one attached hydrogen (secondary N) is 2. The Morgan fingerprint density at radius 2 is 1.64 bits per heavy atom. The molecule has 1 amide bonds. The number of amides is 1. The molecule has 2 aromatic carbocycles. The summed E-state index contributed by atoms with van der Waals surface area (Å²) in [6, 6.07) is 20.5. The molecule has 1 aliphatic heterocycles. The maximum absolute atomic E-state index is 12.2. The fraction of sp³-hybridized carbons (Fsp3) is 0.278. The Bertz CT molecular complexity index is 585. The number of hydrogen-bond acceptors (Lipinski definition) is 2. The van der Waals surface area contributed by atoms with Gasteiger partial charge in [0.25, 0.3) is 0 Å². The van der Waals surface area contributed by atoms with Crippen molar-refractivity contribution in [2.24, 2.45) is 5.92 Å². The molecule has 3 nitrogen and oxygen atoms in total. The minimum absolute atomic E-state index is 0. The van der Waals surface area contributed by atoms with Crippen molar-refractivity contribution < 1.29 is 4.79 Å². The molecule has 1 unspecified atom stereocenters. The van der Waals surface area contributed by atoms with E-state index < -0.39 is 0 Å². The fourth-order valence-electron chi connectivity index (χ4n) is 2.55. The predicted molar refractivity (Wildman–Crippen MR) is 91.1 cm³/mol. The summed E-state index contributed by atoms with van der Waals surface area (Å²) in [5, 5.41) is 6.35. The van der Waals surface area contributed by atoms with Crippen LogP contribution in [0.1, 0.15) is 17.2 Å². The molecular formula is C18H21ClN2O. The van der Waals surface area contributed by atoms with Crippen LogP contribution in [0.4, 0.5) is 0 Å². The SMILES string of the molecule is Cl.O=C(NC(Cc1ccccc1)c1ccccc1)C1CNC1. The number of carbonyl (C=O) groups excluding carboxylic acids is 1. The van der Waals surface area contributed by atoms with Crippen molar-refractivity contribution in [2.75, 3.05) is 13.1 Å². The highest BCUT2D eigenvalue weighted by Gasteiger charge is 2.27. The van der Waals surface area contributed by atoms with Crippen LogP contribution in [0.5, 0.6) is 0 Å². The maximum Gasteiger partial charge on any atom is 0.226 e. The van der Waals surface area contributed by atoms with Gasteiger partial charge in [-0.25, -0.2) is 0 Å². The quantitative estimate of drug-likeness (QED) is 0.890. The van der Waals surface area contributed by atoms with E-state index in [0.717, 1.165) is 25.1 Å². The third-order valence-electron chi connectivity index (χ3n) is 3.95. The molecule has 0 bridgehead atoms. The molecule has 116 valence electrons. The van der Waals surface area contributed by atoms with Crippen molar-refractivity contribution in [1.82, 2.24) is 10.6 Å². The summed E-state index contributed by atoms with van der Waals surface area (Å²) in [6.07, 6.45) is 0.816. The number of halogens is 1. The highest BCUT2D eigenvalue weighted by molar-refractivity contribution is 5.85. The molecule has 0 aromatic heterocycles. The van der Waals surface area contributed by atoms with Crippen molar-refractivity contribution >= 4 is 18.3 Å². The maximum atomic E-state index is 12.2. The zero-order valence-electron chi connectivity index (χ0n) is 12.4. The molecule has 0 spiro atoms. The summed E-state index contributed by atoms with van der Waals surface area (Å²) in [4.78, 5) is 12.2. The monoisotopic (exact) mass is 316 g/mol. The van der Waals surface area contributed by atoms with E-state index in [1.807, 2.05) is 36.4 Å². The van der Waals surface area contributed by atoms with E-state index in [9.17, 15) is 4.79 Å². The molecule has 1 saturated heterocycles. The lowest BCUT2D eigenvalue weighted by atomic mass is 9.96. The average Bonchev–Trinajstić information content (AvgIpc) is 2.47. The average molecular weight is 317 g/mol. The molecule has 0 aliphatic carbocycles. The van der Waals surface area contributed by atoms with Gasteiger partial charge in [0.05, 0.1) is 12.0 Å². The van der Waals surface area contributed by atoms with E-state index in [-0.39, 0.29) is 30.3 Å². The predicted octanol–water partition coefficient (Wildman–Crippen LogP) is 2.73. The van der Waals surface area contributed by atoms with E-state index in [1.165, 1.54) is 5.56 Å². The van der Waals surface area contributed by atoms with Gasteiger partial charge in [-0.3, -0.25) is 4.79 Å². The summed E-state index contributed by atoms with van der Waals surface area (Å²) < 4.78 is 0. The topological polar surface area (TPSA) is 41.1 Å². The molecule has 1 aliphatic rings. The van der Waals surface area contributed by atoms with Crippen LogP contribution in [0.15, 0.2) is 60.7 Å². The van der Waals surface area contributed by atoms with Gasteiger partial charge >= 0.3 is 0 Å². The van der Waals surface area contributed by atoms with Crippen LogP contribution in [-0.4, -0.2) is 19.0 Å². The van der Waals surface area contributed by atoms with Gasteiger partial charge in [0.2, 0.25) is 5.91 Å². The molecule has 2 aromatic rings. The smallest absolute Gasteiger partial charge is 0.226 e. The summed E-state index contributed by atoms with van der Waals surface area (Å²) in [5.41, 5.74) is 2.39. The summed E-state index contributed by atoms with van der Waals surface area (Å²) in [7, 11) is 0. The van der Waals surface area contributed by atoms with E-state index in [0.29, 0.717) is 0 Å². The van der Waals surface area contributed by atoms with Crippen molar-refractivity contribution in [3.8, 4) is 0 Å². The second kappa shape index (κ2) is 7.97. The third-order valence-corrected chi connectivity index (χ3v) is 3.95. The highest BCUT2D eigenvalue weighted by atomic mass is 35.5. The standard InChI is InChI=1S/C18H20N2O.ClH/c21-18(16-12-19-13-16)20-17(15-9-5-2-6-10-15)11-14-7-3-1-4-8-14;/h1-10,16-17,19H,11-13H2,(H,20,21);1H. The molecule has 4 heteroatoms. The van der Waals surface area contributed by atoms with Crippen LogP contribution in [0, 0.1) is 5.92 Å². The lowest BCUT2D eigenvalue weighted by molar-refractivity contribution is -0.127. The Balaban J connectivity index is 0.00000176. The van der Waals surface area contributed by atoms with Gasteiger partial charge < -0.3 is 10.6 Å². The van der Waals surface area contributed by atoms with Crippen LogP contribution >= 0.6 is 12.4 Å². The normalized spacial score (nSPS) is 15.3. The van der Waals surface area contributed by atoms with Gasteiger partial charge in [-0.2, -0.15) is 0 Å².